The van der Waals surface area contributed by atoms with E-state index in [1.165, 1.54) is 15.6 Å². The number of amides is 1. The lowest BCUT2D eigenvalue weighted by molar-refractivity contribution is -0.128. The minimum absolute atomic E-state index is 0.0414. The summed E-state index contributed by atoms with van der Waals surface area (Å²) >= 11 is 1.22. The summed E-state index contributed by atoms with van der Waals surface area (Å²) in [6.07, 6.45) is 2.30. The normalized spacial score (nSPS) is 20.4. The highest BCUT2D eigenvalue weighted by atomic mass is 32.2. The standard InChI is InChI=1S/C18H30N2O3S2/c1-17(2,3)13-18(4,5)19-16(21)14-8-6-10-20(12-14)25(22,23)15-9-7-11-24-15/h7,9,11,14H,6,8,10,12-13H2,1-5H3,(H,19,21)/t14-/m1/s1. The molecule has 142 valence electrons. The van der Waals surface area contributed by atoms with E-state index in [-0.39, 0.29) is 29.3 Å². The minimum atomic E-state index is -3.49. The lowest BCUT2D eigenvalue weighted by Gasteiger charge is -2.36. The lowest BCUT2D eigenvalue weighted by atomic mass is 9.81. The van der Waals surface area contributed by atoms with E-state index < -0.39 is 10.0 Å². The zero-order valence-electron chi connectivity index (χ0n) is 15.8. The number of carbonyl (C=O) groups excluding carboxylic acids is 1. The van der Waals surface area contributed by atoms with Crippen LogP contribution >= 0.6 is 11.3 Å². The van der Waals surface area contributed by atoms with Crippen molar-refractivity contribution in [1.29, 1.82) is 0 Å². The van der Waals surface area contributed by atoms with Gasteiger partial charge >= 0.3 is 0 Å². The number of piperidine rings is 1. The molecule has 0 aliphatic carbocycles. The summed E-state index contributed by atoms with van der Waals surface area (Å²) in [5.41, 5.74) is -0.206. The first-order chi connectivity index (χ1) is 11.4. The molecule has 1 atom stereocenters. The average Bonchev–Trinajstić information content (AvgIpc) is 2.99. The summed E-state index contributed by atoms with van der Waals surface area (Å²) in [6, 6.07) is 3.36. The summed E-state index contributed by atoms with van der Waals surface area (Å²) in [5, 5.41) is 4.89. The van der Waals surface area contributed by atoms with Crippen molar-refractivity contribution in [2.75, 3.05) is 13.1 Å². The molecule has 7 heteroatoms. The van der Waals surface area contributed by atoms with Crippen molar-refractivity contribution in [3.8, 4) is 0 Å². The van der Waals surface area contributed by atoms with Crippen molar-refractivity contribution >= 4 is 27.3 Å². The molecule has 0 saturated carbocycles. The van der Waals surface area contributed by atoms with Crippen LogP contribution in [0.25, 0.3) is 0 Å². The van der Waals surface area contributed by atoms with Gasteiger partial charge in [0.05, 0.1) is 5.92 Å². The van der Waals surface area contributed by atoms with Crippen LogP contribution in [-0.4, -0.2) is 37.3 Å². The van der Waals surface area contributed by atoms with E-state index in [9.17, 15) is 13.2 Å². The van der Waals surface area contributed by atoms with E-state index in [0.29, 0.717) is 17.2 Å². The van der Waals surface area contributed by atoms with E-state index in [0.717, 1.165) is 12.8 Å². The quantitative estimate of drug-likeness (QED) is 0.842. The average molecular weight is 387 g/mol. The van der Waals surface area contributed by atoms with Gasteiger partial charge in [-0.25, -0.2) is 8.42 Å². The zero-order valence-corrected chi connectivity index (χ0v) is 17.5. The third kappa shape index (κ3) is 5.53. The van der Waals surface area contributed by atoms with Gasteiger partial charge < -0.3 is 5.32 Å². The van der Waals surface area contributed by atoms with Crippen LogP contribution in [0.3, 0.4) is 0 Å². The fourth-order valence-electron chi connectivity index (χ4n) is 3.72. The van der Waals surface area contributed by atoms with Crippen LogP contribution in [0.1, 0.15) is 53.9 Å². The predicted octanol–water partition coefficient (Wildman–Crippen LogP) is 3.48. The Bertz CT molecular complexity index is 688. The number of rotatable bonds is 5. The third-order valence-corrected chi connectivity index (χ3v) is 7.52. The number of thiophene rings is 1. The molecule has 0 spiro atoms. The molecule has 25 heavy (non-hydrogen) atoms. The third-order valence-electron chi connectivity index (χ3n) is 4.28. The number of nitrogens with zero attached hydrogens (tertiary/aromatic N) is 1. The first-order valence-corrected chi connectivity index (χ1v) is 11.1. The topological polar surface area (TPSA) is 66.5 Å². The van der Waals surface area contributed by atoms with E-state index >= 15 is 0 Å². The van der Waals surface area contributed by atoms with E-state index in [4.69, 9.17) is 0 Å². The van der Waals surface area contributed by atoms with Crippen molar-refractivity contribution in [2.24, 2.45) is 11.3 Å². The van der Waals surface area contributed by atoms with Crippen LogP contribution in [-0.2, 0) is 14.8 Å². The van der Waals surface area contributed by atoms with E-state index in [2.05, 4.69) is 26.1 Å². The summed E-state index contributed by atoms with van der Waals surface area (Å²) < 4.78 is 27.2. The summed E-state index contributed by atoms with van der Waals surface area (Å²) in [6.45, 7) is 11.2. The minimum Gasteiger partial charge on any atom is -0.351 e. The van der Waals surface area contributed by atoms with Gasteiger partial charge in [0.25, 0.3) is 10.0 Å². The van der Waals surface area contributed by atoms with Crippen molar-refractivity contribution in [3.05, 3.63) is 17.5 Å². The summed E-state index contributed by atoms with van der Waals surface area (Å²) in [7, 11) is -3.49. The molecule has 0 bridgehead atoms. The predicted molar refractivity (Wildman–Crippen MR) is 102 cm³/mol. The van der Waals surface area contributed by atoms with Crippen molar-refractivity contribution in [2.45, 2.75) is 63.6 Å². The second-order valence-electron chi connectivity index (χ2n) is 8.74. The first-order valence-electron chi connectivity index (χ1n) is 8.76. The molecular weight excluding hydrogens is 356 g/mol. The number of carbonyl (C=O) groups is 1. The number of hydrogen-bond donors (Lipinski definition) is 1. The molecule has 0 unspecified atom stereocenters. The molecule has 0 aromatic carbocycles. The molecule has 2 rings (SSSR count). The SMILES string of the molecule is CC(C)(C)CC(C)(C)NC(=O)[C@@H]1CCCN(S(=O)(=O)c2cccs2)C1. The van der Waals surface area contributed by atoms with Crippen molar-refractivity contribution in [3.63, 3.8) is 0 Å². The Balaban J connectivity index is 2.05. The van der Waals surface area contributed by atoms with Gasteiger partial charge in [0, 0.05) is 18.6 Å². The second kappa shape index (κ2) is 7.37. The number of hydrogen-bond acceptors (Lipinski definition) is 4. The Labute approximate surface area is 155 Å². The first kappa shape index (κ1) is 20.4. The maximum absolute atomic E-state index is 12.7. The molecule has 2 heterocycles. The van der Waals surface area contributed by atoms with Crippen LogP contribution in [0.15, 0.2) is 21.7 Å². The van der Waals surface area contributed by atoms with E-state index in [1.807, 2.05) is 13.8 Å². The number of nitrogens with one attached hydrogen (secondary N) is 1. The van der Waals surface area contributed by atoms with Gasteiger partial charge in [-0.3, -0.25) is 4.79 Å². The molecule has 0 radical (unpaired) electrons. The highest BCUT2D eigenvalue weighted by Crippen LogP contribution is 2.29. The van der Waals surface area contributed by atoms with Gasteiger partial charge in [0.1, 0.15) is 4.21 Å². The molecule has 1 saturated heterocycles. The van der Waals surface area contributed by atoms with Crippen LogP contribution < -0.4 is 5.32 Å². The maximum atomic E-state index is 12.7. The molecule has 1 aromatic heterocycles. The summed E-state index contributed by atoms with van der Waals surface area (Å²) in [5.74, 6) is -0.330. The van der Waals surface area contributed by atoms with Crippen molar-refractivity contribution in [1.82, 2.24) is 9.62 Å². The van der Waals surface area contributed by atoms with Gasteiger partial charge in [-0.1, -0.05) is 26.8 Å². The molecule has 1 N–H and O–H groups in total. The highest BCUT2D eigenvalue weighted by molar-refractivity contribution is 7.91. The zero-order chi connectivity index (χ0) is 18.9. The highest BCUT2D eigenvalue weighted by Gasteiger charge is 2.36. The molecular formula is C18H30N2O3S2. The van der Waals surface area contributed by atoms with E-state index in [1.54, 1.807) is 17.5 Å². The van der Waals surface area contributed by atoms with Crippen LogP contribution in [0.4, 0.5) is 0 Å². The Morgan fingerprint density at radius 3 is 2.56 bits per heavy atom. The smallest absolute Gasteiger partial charge is 0.252 e. The monoisotopic (exact) mass is 386 g/mol. The lowest BCUT2D eigenvalue weighted by Crippen LogP contribution is -2.51. The largest absolute Gasteiger partial charge is 0.351 e. The molecule has 1 aliphatic rings. The van der Waals surface area contributed by atoms with Crippen LogP contribution in [0, 0.1) is 11.3 Å². The maximum Gasteiger partial charge on any atom is 0.252 e. The summed E-state index contributed by atoms with van der Waals surface area (Å²) in [4.78, 5) is 12.7. The molecule has 5 nitrogen and oxygen atoms in total. The molecule has 1 amide bonds. The molecule has 1 aromatic rings. The van der Waals surface area contributed by atoms with Crippen LogP contribution in [0.5, 0.6) is 0 Å². The number of sulfonamides is 1. The second-order valence-corrected chi connectivity index (χ2v) is 11.9. The van der Waals surface area contributed by atoms with Crippen molar-refractivity contribution < 1.29 is 13.2 Å². The Hall–Kier alpha value is -0.920. The Morgan fingerprint density at radius 1 is 1.32 bits per heavy atom. The van der Waals surface area contributed by atoms with Gasteiger partial charge in [-0.15, -0.1) is 11.3 Å². The van der Waals surface area contributed by atoms with Gasteiger partial charge in [-0.2, -0.15) is 4.31 Å². The van der Waals surface area contributed by atoms with Gasteiger partial charge in [0.2, 0.25) is 5.91 Å². The Kier molecular flexibility index (Phi) is 6.01. The fourth-order valence-corrected chi connectivity index (χ4v) is 6.39. The Morgan fingerprint density at radius 2 is 2.00 bits per heavy atom. The molecule has 1 aliphatic heterocycles. The van der Waals surface area contributed by atoms with Gasteiger partial charge in [0.15, 0.2) is 0 Å². The van der Waals surface area contributed by atoms with Gasteiger partial charge in [-0.05, 0) is 50.0 Å². The fraction of sp³-hybridized carbons (Fsp3) is 0.722. The molecule has 1 fully saturated rings. The van der Waals surface area contributed by atoms with Crippen LogP contribution in [0.2, 0.25) is 0 Å².